The molecule has 0 bridgehead atoms. The van der Waals surface area contributed by atoms with Crippen LogP contribution in [0.3, 0.4) is 0 Å². The van der Waals surface area contributed by atoms with Crippen molar-refractivity contribution < 1.29 is 18.1 Å². The number of hydrogen-bond donors (Lipinski definition) is 2. The monoisotopic (exact) mass is 476 g/mol. The molecule has 0 spiro atoms. The van der Waals surface area contributed by atoms with E-state index < -0.39 is 26.9 Å². The second kappa shape index (κ2) is 8.84. The summed E-state index contributed by atoms with van der Waals surface area (Å²) in [6.07, 6.45) is 1.30. The van der Waals surface area contributed by atoms with Gasteiger partial charge in [0.25, 0.3) is 11.8 Å². The zero-order chi connectivity index (χ0) is 23.7. The molecule has 3 rings (SSSR count). The van der Waals surface area contributed by atoms with E-state index in [0.29, 0.717) is 11.4 Å². The SMILES string of the molecule is CC(C)(C)c1cc(C(=O)Nc2cccc(S(C)(=N)=O)c2)c(Oc2ccc(F)cc2Cl)nn1. The third-order valence-corrected chi connectivity index (χ3v) is 5.86. The fourth-order valence-corrected chi connectivity index (χ4v) is 3.56. The number of rotatable bonds is 5. The van der Waals surface area contributed by atoms with Crippen molar-refractivity contribution in [3.8, 4) is 11.6 Å². The average Bonchev–Trinajstić information content (AvgIpc) is 2.69. The van der Waals surface area contributed by atoms with Crippen LogP contribution in [0.2, 0.25) is 5.02 Å². The number of anilines is 1. The minimum atomic E-state index is -2.95. The number of amides is 1. The number of ether oxygens (including phenoxy) is 1. The number of halogens is 2. The van der Waals surface area contributed by atoms with Crippen LogP contribution >= 0.6 is 11.6 Å². The number of nitrogens with zero attached hydrogens (tertiary/aromatic N) is 2. The predicted molar refractivity (Wildman–Crippen MR) is 122 cm³/mol. The van der Waals surface area contributed by atoms with E-state index in [1.165, 1.54) is 24.5 Å². The van der Waals surface area contributed by atoms with Gasteiger partial charge in [-0.1, -0.05) is 38.4 Å². The van der Waals surface area contributed by atoms with Gasteiger partial charge in [0.1, 0.15) is 17.1 Å². The van der Waals surface area contributed by atoms with Gasteiger partial charge in [-0.3, -0.25) is 4.79 Å². The van der Waals surface area contributed by atoms with E-state index in [-0.39, 0.29) is 27.1 Å². The summed E-state index contributed by atoms with van der Waals surface area (Å²) in [5.74, 6) is -1.08. The van der Waals surface area contributed by atoms with E-state index in [1.54, 1.807) is 24.3 Å². The molecule has 0 saturated carbocycles. The maximum Gasteiger partial charge on any atom is 0.261 e. The van der Waals surface area contributed by atoms with E-state index in [2.05, 4.69) is 15.5 Å². The van der Waals surface area contributed by atoms with Crippen molar-refractivity contribution in [3.63, 3.8) is 0 Å². The number of carbonyl (C=O) groups excluding carboxylic acids is 1. The lowest BCUT2D eigenvalue weighted by molar-refractivity contribution is 0.102. The first-order chi connectivity index (χ1) is 14.8. The molecular weight excluding hydrogens is 455 g/mol. The normalized spacial score (nSPS) is 13.3. The maximum absolute atomic E-state index is 13.4. The van der Waals surface area contributed by atoms with Crippen LogP contribution in [0, 0.1) is 10.6 Å². The summed E-state index contributed by atoms with van der Waals surface area (Å²) >= 11 is 6.05. The highest BCUT2D eigenvalue weighted by atomic mass is 35.5. The lowest BCUT2D eigenvalue weighted by Gasteiger charge is -2.19. The molecule has 0 aliphatic carbocycles. The molecule has 0 aliphatic heterocycles. The first-order valence-corrected chi connectivity index (χ1v) is 11.9. The van der Waals surface area contributed by atoms with Gasteiger partial charge in [-0.15, -0.1) is 5.10 Å². The van der Waals surface area contributed by atoms with Crippen LogP contribution in [0.15, 0.2) is 53.4 Å². The van der Waals surface area contributed by atoms with Gasteiger partial charge in [0.15, 0.2) is 0 Å². The molecule has 1 unspecified atom stereocenters. The highest BCUT2D eigenvalue weighted by Crippen LogP contribution is 2.32. The van der Waals surface area contributed by atoms with Crippen LogP contribution in [0.25, 0.3) is 0 Å². The summed E-state index contributed by atoms with van der Waals surface area (Å²) in [6, 6.07) is 11.4. The van der Waals surface area contributed by atoms with Crippen LogP contribution in [0.4, 0.5) is 10.1 Å². The number of nitrogens with one attached hydrogen (secondary N) is 2. The molecule has 0 saturated heterocycles. The molecule has 7 nitrogen and oxygen atoms in total. The fourth-order valence-electron chi connectivity index (χ4n) is 2.66. The molecule has 10 heteroatoms. The quantitative estimate of drug-likeness (QED) is 0.495. The zero-order valence-electron chi connectivity index (χ0n) is 17.9. The van der Waals surface area contributed by atoms with Crippen LogP contribution in [-0.2, 0) is 15.1 Å². The first-order valence-electron chi connectivity index (χ1n) is 9.51. The Balaban J connectivity index is 2.01. The van der Waals surface area contributed by atoms with E-state index >= 15 is 0 Å². The predicted octanol–water partition coefficient (Wildman–Crippen LogP) is 5.65. The Morgan fingerprint density at radius 1 is 1.16 bits per heavy atom. The Bertz CT molecular complexity index is 1290. The van der Waals surface area contributed by atoms with E-state index in [9.17, 15) is 13.4 Å². The largest absolute Gasteiger partial charge is 0.435 e. The highest BCUT2D eigenvalue weighted by molar-refractivity contribution is 7.91. The van der Waals surface area contributed by atoms with Gasteiger partial charge in [0.05, 0.1) is 20.4 Å². The molecule has 168 valence electrons. The van der Waals surface area contributed by atoms with Gasteiger partial charge < -0.3 is 10.1 Å². The zero-order valence-corrected chi connectivity index (χ0v) is 19.5. The summed E-state index contributed by atoms with van der Waals surface area (Å²) in [4.78, 5) is 13.4. The standard InChI is InChI=1S/C22H22ClFN4O3S/c1-22(2,3)19-12-16(20(29)26-14-6-5-7-15(11-14)32(4,25)30)21(28-27-19)31-18-9-8-13(24)10-17(18)23/h5-12,25H,1-4H3,(H,26,29). The summed E-state index contributed by atoms with van der Waals surface area (Å²) < 4.78 is 38.8. The van der Waals surface area contributed by atoms with Crippen molar-refractivity contribution in [2.45, 2.75) is 31.1 Å². The molecular formula is C22H22ClFN4O3S. The maximum atomic E-state index is 13.4. The van der Waals surface area contributed by atoms with Crippen molar-refractivity contribution in [3.05, 3.63) is 70.6 Å². The summed E-state index contributed by atoms with van der Waals surface area (Å²) in [6.45, 7) is 5.77. The third-order valence-electron chi connectivity index (χ3n) is 4.42. The molecule has 1 atom stereocenters. The van der Waals surface area contributed by atoms with E-state index in [4.69, 9.17) is 21.1 Å². The Labute approximate surface area is 191 Å². The molecule has 1 aromatic heterocycles. The number of carbonyl (C=O) groups is 1. The van der Waals surface area contributed by atoms with Crippen molar-refractivity contribution >= 4 is 32.9 Å². The van der Waals surface area contributed by atoms with Crippen LogP contribution < -0.4 is 10.1 Å². The minimum Gasteiger partial charge on any atom is -0.435 e. The molecule has 32 heavy (non-hydrogen) atoms. The van der Waals surface area contributed by atoms with Crippen molar-refractivity contribution in [2.24, 2.45) is 0 Å². The molecule has 2 aromatic carbocycles. The molecule has 3 aromatic rings. The van der Waals surface area contributed by atoms with E-state index in [0.717, 1.165) is 6.07 Å². The summed E-state index contributed by atoms with van der Waals surface area (Å²) in [5, 5.41) is 10.9. The van der Waals surface area contributed by atoms with Gasteiger partial charge in [-0.2, -0.15) is 5.10 Å². The number of hydrogen-bond acceptors (Lipinski definition) is 6. The summed E-state index contributed by atoms with van der Waals surface area (Å²) in [5.41, 5.74) is 0.595. The molecule has 1 heterocycles. The highest BCUT2D eigenvalue weighted by Gasteiger charge is 2.23. The smallest absolute Gasteiger partial charge is 0.261 e. The van der Waals surface area contributed by atoms with Gasteiger partial charge in [0, 0.05) is 22.3 Å². The molecule has 0 radical (unpaired) electrons. The Morgan fingerprint density at radius 3 is 2.50 bits per heavy atom. The second-order valence-corrected chi connectivity index (χ2v) is 10.8. The van der Waals surface area contributed by atoms with Gasteiger partial charge in [-0.05, 0) is 42.5 Å². The Morgan fingerprint density at radius 2 is 1.88 bits per heavy atom. The molecule has 2 N–H and O–H groups in total. The van der Waals surface area contributed by atoms with Gasteiger partial charge in [-0.25, -0.2) is 13.4 Å². The van der Waals surface area contributed by atoms with Crippen LogP contribution in [-0.4, -0.2) is 26.6 Å². The van der Waals surface area contributed by atoms with Crippen molar-refractivity contribution in [2.75, 3.05) is 11.6 Å². The van der Waals surface area contributed by atoms with Crippen LogP contribution in [0.5, 0.6) is 11.6 Å². The Hall–Kier alpha value is -3.04. The molecule has 0 aliphatic rings. The third kappa shape index (κ3) is 5.60. The second-order valence-electron chi connectivity index (χ2n) is 8.20. The van der Waals surface area contributed by atoms with E-state index in [1.807, 2.05) is 20.8 Å². The fraction of sp³-hybridized carbons (Fsp3) is 0.227. The van der Waals surface area contributed by atoms with Crippen molar-refractivity contribution in [1.82, 2.24) is 10.2 Å². The van der Waals surface area contributed by atoms with Crippen LogP contribution in [0.1, 0.15) is 36.8 Å². The lowest BCUT2D eigenvalue weighted by Crippen LogP contribution is -2.19. The minimum absolute atomic E-state index is 0.0129. The van der Waals surface area contributed by atoms with Crippen molar-refractivity contribution in [1.29, 1.82) is 4.78 Å². The first kappa shape index (κ1) is 23.6. The van der Waals surface area contributed by atoms with Gasteiger partial charge >= 0.3 is 0 Å². The summed E-state index contributed by atoms with van der Waals surface area (Å²) in [7, 11) is -2.95. The molecule has 1 amide bonds. The molecule has 0 fully saturated rings. The average molecular weight is 477 g/mol. The topological polar surface area (TPSA) is 105 Å². The van der Waals surface area contributed by atoms with Gasteiger partial charge in [0.2, 0.25) is 0 Å². The number of aromatic nitrogens is 2. The number of benzene rings is 2. The Kier molecular flexibility index (Phi) is 6.52. The lowest BCUT2D eigenvalue weighted by atomic mass is 9.91.